The Morgan fingerprint density at radius 1 is 0.746 bits per heavy atom. The van der Waals surface area contributed by atoms with Gasteiger partial charge in [-0.15, -0.1) is 0 Å². The molecule has 0 aromatic heterocycles. The number of fused-ring (bicyclic) bond motifs is 5. The van der Waals surface area contributed by atoms with Crippen LogP contribution in [0.1, 0.15) is 220 Å². The number of esters is 1. The topological polar surface area (TPSA) is 165 Å². The SMILES string of the molecule is CCCCCCCCCCCCCCCCCCCC(=O)N[C@H]1CC[C@@]2(C)[C@@H](C1)C[C@@H](O)[C@@H]1[C@@H]2C[C@H](OC(=O)[C@@H](N)CCCCN)[C@]2(C)[C@@H]([C@H](C)CCC(=O)O)CC[C@@H]12. The summed E-state index contributed by atoms with van der Waals surface area (Å²) < 4.78 is 6.55. The van der Waals surface area contributed by atoms with Crippen molar-refractivity contribution in [2.75, 3.05) is 6.54 Å². The van der Waals surface area contributed by atoms with Crippen molar-refractivity contribution >= 4 is 17.8 Å². The van der Waals surface area contributed by atoms with Gasteiger partial charge in [0.1, 0.15) is 12.1 Å². The van der Waals surface area contributed by atoms with Gasteiger partial charge in [0.15, 0.2) is 0 Å². The number of nitrogens with one attached hydrogen (secondary N) is 1. The summed E-state index contributed by atoms with van der Waals surface area (Å²) in [5, 5.41) is 25.0. The molecular formula is C50H91N3O6. The van der Waals surface area contributed by atoms with E-state index in [1.165, 1.54) is 96.3 Å². The number of carboxylic acid groups (broad SMARTS) is 1. The molecular weight excluding hydrogens is 739 g/mol. The molecule has 4 saturated carbocycles. The zero-order valence-corrected chi connectivity index (χ0v) is 38.4. The largest absolute Gasteiger partial charge is 0.481 e. The highest BCUT2D eigenvalue weighted by Crippen LogP contribution is 2.69. The van der Waals surface area contributed by atoms with E-state index >= 15 is 0 Å². The molecule has 0 aromatic carbocycles. The van der Waals surface area contributed by atoms with Gasteiger partial charge in [-0.3, -0.25) is 14.4 Å². The average molecular weight is 830 g/mol. The minimum absolute atomic E-state index is 0.0269. The number of amides is 1. The van der Waals surface area contributed by atoms with Gasteiger partial charge < -0.3 is 31.7 Å². The van der Waals surface area contributed by atoms with Crippen LogP contribution in [-0.4, -0.2) is 58.9 Å². The molecule has 0 spiro atoms. The number of ether oxygens (including phenoxy) is 1. The third-order valence-corrected chi connectivity index (χ3v) is 16.7. The number of hydrogen-bond acceptors (Lipinski definition) is 7. The Bertz CT molecular complexity index is 1250. The monoisotopic (exact) mass is 830 g/mol. The lowest BCUT2D eigenvalue weighted by atomic mass is 9.43. The molecule has 1 amide bonds. The van der Waals surface area contributed by atoms with Crippen LogP contribution in [-0.2, 0) is 19.1 Å². The summed E-state index contributed by atoms with van der Waals surface area (Å²) in [6, 6.07) is -0.566. The number of hydrogen-bond donors (Lipinski definition) is 5. The van der Waals surface area contributed by atoms with E-state index in [2.05, 4.69) is 33.0 Å². The highest BCUT2D eigenvalue weighted by molar-refractivity contribution is 5.76. The Morgan fingerprint density at radius 3 is 1.92 bits per heavy atom. The summed E-state index contributed by atoms with van der Waals surface area (Å²) in [7, 11) is 0. The van der Waals surface area contributed by atoms with Crippen LogP contribution in [0, 0.1) is 46.3 Å². The van der Waals surface area contributed by atoms with Crippen molar-refractivity contribution in [1.82, 2.24) is 5.32 Å². The Labute approximate surface area is 360 Å². The fourth-order valence-electron chi connectivity index (χ4n) is 13.2. The fraction of sp³-hybridized carbons (Fsp3) is 0.940. The van der Waals surface area contributed by atoms with Crippen LogP contribution in [0.5, 0.6) is 0 Å². The number of unbranched alkanes of at least 4 members (excludes halogenated alkanes) is 17. The molecule has 7 N–H and O–H groups in total. The van der Waals surface area contributed by atoms with Crippen molar-refractivity contribution in [2.24, 2.45) is 57.8 Å². The summed E-state index contributed by atoms with van der Waals surface area (Å²) in [6.07, 6.45) is 31.4. The quantitative estimate of drug-likeness (QED) is 0.0367. The third-order valence-electron chi connectivity index (χ3n) is 16.7. The molecule has 0 saturated heterocycles. The Hall–Kier alpha value is -1.71. The molecule has 0 radical (unpaired) electrons. The standard InChI is InChI=1S/C50H91N3O6/c1-5-6-7-8-9-10-11-12-13-14-15-16-17-18-19-20-21-25-45(55)53-38-30-31-49(3)37(33-38)34-43(54)47-40-28-27-39(36(2)26-29-46(56)57)50(40,4)44(35-41(47)49)59-48(58)42(52)24-22-23-32-51/h36-44,47,54H,5-35,51-52H2,1-4H3,(H,53,55)(H,56,57)/t36-,37+,38+,39-,40+,41+,42+,43-,44+,47+,49+,50-/m1/s1. The molecule has 0 heterocycles. The van der Waals surface area contributed by atoms with E-state index in [1.807, 2.05) is 0 Å². The van der Waals surface area contributed by atoms with Crippen molar-refractivity contribution in [1.29, 1.82) is 0 Å². The van der Waals surface area contributed by atoms with Crippen LogP contribution >= 0.6 is 0 Å². The summed E-state index contributed by atoms with van der Waals surface area (Å²) in [5.41, 5.74) is 11.7. The number of rotatable bonds is 29. The normalized spacial score (nSPS) is 32.4. The lowest BCUT2D eigenvalue weighted by Gasteiger charge is -2.64. The van der Waals surface area contributed by atoms with Crippen molar-refractivity contribution in [2.45, 2.75) is 245 Å². The Kier molecular flexibility index (Phi) is 21.5. The molecule has 59 heavy (non-hydrogen) atoms. The van der Waals surface area contributed by atoms with E-state index in [0.717, 1.165) is 64.2 Å². The molecule has 0 bridgehead atoms. The van der Waals surface area contributed by atoms with Gasteiger partial charge in [-0.2, -0.15) is 0 Å². The van der Waals surface area contributed by atoms with Crippen LogP contribution in [0.25, 0.3) is 0 Å². The number of carbonyl (C=O) groups is 3. The Morgan fingerprint density at radius 2 is 1.34 bits per heavy atom. The van der Waals surface area contributed by atoms with E-state index in [9.17, 15) is 24.6 Å². The zero-order valence-electron chi connectivity index (χ0n) is 38.4. The summed E-state index contributed by atoms with van der Waals surface area (Å²) >= 11 is 0. The highest BCUT2D eigenvalue weighted by atomic mass is 16.5. The first-order valence-corrected chi connectivity index (χ1v) is 25.2. The minimum atomic E-state index is -0.782. The van der Waals surface area contributed by atoms with Gasteiger partial charge in [-0.05, 0) is 118 Å². The van der Waals surface area contributed by atoms with E-state index in [0.29, 0.717) is 32.2 Å². The first-order chi connectivity index (χ1) is 28.4. The third kappa shape index (κ3) is 14.1. The molecule has 9 nitrogen and oxygen atoms in total. The van der Waals surface area contributed by atoms with Crippen LogP contribution in [0.3, 0.4) is 0 Å². The van der Waals surface area contributed by atoms with E-state index in [-0.39, 0.29) is 76.8 Å². The summed E-state index contributed by atoms with van der Waals surface area (Å²) in [6.45, 7) is 9.70. The number of carboxylic acids is 1. The van der Waals surface area contributed by atoms with Crippen LogP contribution in [0.15, 0.2) is 0 Å². The molecule has 4 rings (SSSR count). The second-order valence-electron chi connectivity index (χ2n) is 20.8. The van der Waals surface area contributed by atoms with Crippen molar-refractivity contribution in [3.8, 4) is 0 Å². The van der Waals surface area contributed by atoms with E-state index < -0.39 is 18.1 Å². The predicted octanol–water partition coefficient (Wildman–Crippen LogP) is 10.6. The maximum atomic E-state index is 13.6. The second kappa shape index (κ2) is 25.4. The van der Waals surface area contributed by atoms with Gasteiger partial charge in [0.25, 0.3) is 0 Å². The molecule has 4 aliphatic rings. The maximum Gasteiger partial charge on any atom is 0.323 e. The minimum Gasteiger partial charge on any atom is -0.481 e. The molecule has 0 unspecified atom stereocenters. The van der Waals surface area contributed by atoms with Crippen LogP contribution in [0.4, 0.5) is 0 Å². The van der Waals surface area contributed by atoms with E-state index in [4.69, 9.17) is 16.2 Å². The molecule has 4 aliphatic carbocycles. The molecule has 0 aromatic rings. The lowest BCUT2D eigenvalue weighted by Crippen LogP contribution is -2.63. The zero-order chi connectivity index (χ0) is 42.8. The number of aliphatic carboxylic acids is 1. The first-order valence-electron chi connectivity index (χ1n) is 25.2. The highest BCUT2D eigenvalue weighted by Gasteiger charge is 2.67. The Balaban J connectivity index is 1.24. The number of nitrogens with two attached hydrogens (primary N) is 2. The van der Waals surface area contributed by atoms with Crippen LogP contribution < -0.4 is 16.8 Å². The molecule has 9 heteroatoms. The summed E-state index contributed by atoms with van der Waals surface area (Å²) in [4.78, 5) is 38.4. The van der Waals surface area contributed by atoms with Gasteiger partial charge in [0.2, 0.25) is 5.91 Å². The smallest absolute Gasteiger partial charge is 0.323 e. The number of aliphatic hydroxyl groups excluding tert-OH is 1. The molecule has 12 atom stereocenters. The van der Waals surface area contributed by atoms with E-state index in [1.54, 1.807) is 0 Å². The second-order valence-corrected chi connectivity index (χ2v) is 20.8. The van der Waals surface area contributed by atoms with Gasteiger partial charge in [0, 0.05) is 24.3 Å². The van der Waals surface area contributed by atoms with Gasteiger partial charge in [-0.1, -0.05) is 137 Å². The first kappa shape index (κ1) is 49.9. The molecule has 0 aliphatic heterocycles. The summed E-state index contributed by atoms with van der Waals surface area (Å²) in [5.74, 6) is 0.159. The lowest BCUT2D eigenvalue weighted by molar-refractivity contribution is -0.215. The van der Waals surface area contributed by atoms with Gasteiger partial charge in [0.05, 0.1) is 6.10 Å². The van der Waals surface area contributed by atoms with Gasteiger partial charge in [-0.25, -0.2) is 0 Å². The van der Waals surface area contributed by atoms with Crippen molar-refractivity contribution < 1.29 is 29.3 Å². The fourth-order valence-corrected chi connectivity index (χ4v) is 13.2. The predicted molar refractivity (Wildman–Crippen MR) is 239 cm³/mol. The molecule has 4 fully saturated rings. The van der Waals surface area contributed by atoms with Gasteiger partial charge >= 0.3 is 11.9 Å². The maximum absolute atomic E-state index is 13.6. The molecule has 342 valence electrons. The number of aliphatic hydroxyl groups is 1. The number of carbonyl (C=O) groups excluding carboxylic acids is 2. The van der Waals surface area contributed by atoms with Crippen molar-refractivity contribution in [3.63, 3.8) is 0 Å². The van der Waals surface area contributed by atoms with Crippen molar-refractivity contribution in [3.05, 3.63) is 0 Å². The average Bonchev–Trinajstić information content (AvgIpc) is 3.56. The van der Waals surface area contributed by atoms with Crippen LogP contribution in [0.2, 0.25) is 0 Å².